The van der Waals surface area contributed by atoms with Gasteiger partial charge in [-0.2, -0.15) is 0 Å². The summed E-state index contributed by atoms with van der Waals surface area (Å²) < 4.78 is 22.3. The first-order chi connectivity index (χ1) is 27.7. The number of likely N-dealkylation sites (N-methyl/N-ethyl adjacent to an activating group) is 1. The lowest BCUT2D eigenvalue weighted by Crippen LogP contribution is -2.53. The van der Waals surface area contributed by atoms with Gasteiger partial charge in [0.1, 0.15) is 39.5 Å². The molecule has 0 aliphatic carbocycles. The summed E-state index contributed by atoms with van der Waals surface area (Å²) in [5.74, 6) is -0.970. The molecule has 0 spiro atoms. The van der Waals surface area contributed by atoms with Crippen LogP contribution in [0.3, 0.4) is 0 Å². The molecule has 0 bridgehead atoms. The minimum absolute atomic E-state index is 0.0557. The van der Waals surface area contributed by atoms with E-state index in [1.54, 1.807) is 0 Å². The number of benzene rings is 2. The zero-order valence-electron chi connectivity index (χ0n) is 34.8. The van der Waals surface area contributed by atoms with E-state index in [0.717, 1.165) is 107 Å². The molecule has 57 heavy (non-hydrogen) atoms. The van der Waals surface area contributed by atoms with Gasteiger partial charge in [0.25, 0.3) is 0 Å². The highest BCUT2D eigenvalue weighted by molar-refractivity contribution is 5.70. The van der Waals surface area contributed by atoms with E-state index >= 15 is 0 Å². The number of ether oxygens (including phenoxy) is 4. The summed E-state index contributed by atoms with van der Waals surface area (Å²) in [4.78, 5) is 49.3. The Kier molecular flexibility index (Phi) is 27.9. The van der Waals surface area contributed by atoms with Gasteiger partial charge in [-0.05, 0) is 36.8 Å². The molecule has 0 aromatic heterocycles. The number of quaternary nitrogens is 1. The molecule has 0 heterocycles. The van der Waals surface area contributed by atoms with E-state index in [1.807, 2.05) is 67.7 Å². The van der Waals surface area contributed by atoms with E-state index in [9.17, 15) is 29.4 Å². The van der Waals surface area contributed by atoms with Gasteiger partial charge in [-0.25, -0.2) is 0 Å². The number of hydrogen-bond acceptors (Lipinski definition) is 10. The molecule has 0 saturated heterocycles. The van der Waals surface area contributed by atoms with Crippen LogP contribution in [0.4, 0.5) is 0 Å². The summed E-state index contributed by atoms with van der Waals surface area (Å²) in [5.41, 5.74) is 1.98. The van der Waals surface area contributed by atoms with Crippen molar-refractivity contribution in [1.29, 1.82) is 0 Å². The Hall–Kier alpha value is -3.80. The Morgan fingerprint density at radius 1 is 0.491 bits per heavy atom. The van der Waals surface area contributed by atoms with Gasteiger partial charge < -0.3 is 33.6 Å². The predicted octanol–water partition coefficient (Wildman–Crippen LogP) is 8.16. The van der Waals surface area contributed by atoms with Crippen LogP contribution in [-0.2, 0) is 51.3 Å². The molecule has 1 unspecified atom stereocenters. The fraction of sp³-hybridized carbons (Fsp3) is 0.652. The van der Waals surface area contributed by atoms with Crippen LogP contribution < -0.4 is 0 Å². The molecule has 0 amide bonds. The third-order valence-corrected chi connectivity index (χ3v) is 10.2. The smallest absolute Gasteiger partial charge is 0.306 e. The summed E-state index contributed by atoms with van der Waals surface area (Å²) in [7, 11) is 1.88. The molecule has 2 aromatic rings. The van der Waals surface area contributed by atoms with Gasteiger partial charge in [0.05, 0.1) is 20.3 Å². The highest BCUT2D eigenvalue weighted by atomic mass is 16.6. The summed E-state index contributed by atoms with van der Waals surface area (Å²) in [6, 6.07) is 19.4. The summed E-state index contributed by atoms with van der Waals surface area (Å²) in [6.45, 7) is 1.49. The van der Waals surface area contributed by atoms with Crippen LogP contribution in [-0.4, -0.2) is 91.2 Å². The third kappa shape index (κ3) is 26.7. The average molecular weight is 799 g/mol. The largest absolute Gasteiger partial charge is 0.461 e. The Morgan fingerprint density at radius 2 is 0.825 bits per heavy atom. The Morgan fingerprint density at radius 3 is 1.19 bits per heavy atom. The van der Waals surface area contributed by atoms with Crippen molar-refractivity contribution in [3.8, 4) is 0 Å². The van der Waals surface area contributed by atoms with Crippen LogP contribution in [0.5, 0.6) is 0 Å². The van der Waals surface area contributed by atoms with Crippen molar-refractivity contribution in [2.75, 3.05) is 46.5 Å². The van der Waals surface area contributed by atoms with Gasteiger partial charge in [-0.15, -0.1) is 0 Å². The van der Waals surface area contributed by atoms with Crippen molar-refractivity contribution in [2.24, 2.45) is 0 Å². The molecular formula is C46H72NO10+. The molecule has 11 heteroatoms. The first-order valence-electron chi connectivity index (χ1n) is 21.5. The molecule has 2 N–H and O–H groups in total. The van der Waals surface area contributed by atoms with Crippen molar-refractivity contribution in [1.82, 2.24) is 0 Å². The second kappa shape index (κ2) is 32.2. The fourth-order valence-corrected chi connectivity index (χ4v) is 6.71. The SMILES string of the molecule is C[N+](CCO)(CCO)CC(COC(=O)CCCCCCCCCCC(=O)OCc1ccccc1)OC(=O)CCCCCCCCCCC(=O)OCc1ccccc1. The van der Waals surface area contributed by atoms with E-state index in [4.69, 9.17) is 18.9 Å². The normalized spacial score (nSPS) is 11.8. The maximum absolute atomic E-state index is 12.8. The van der Waals surface area contributed by atoms with Gasteiger partial charge >= 0.3 is 23.9 Å². The average Bonchev–Trinajstić information content (AvgIpc) is 3.20. The van der Waals surface area contributed by atoms with E-state index in [-0.39, 0.29) is 54.6 Å². The molecule has 0 aliphatic heterocycles. The topological polar surface area (TPSA) is 146 Å². The van der Waals surface area contributed by atoms with Crippen molar-refractivity contribution >= 4 is 23.9 Å². The highest BCUT2D eigenvalue weighted by Gasteiger charge is 2.29. The minimum atomic E-state index is -0.675. The Bertz CT molecular complexity index is 1330. The number of unbranched alkanes of at least 4 members (excludes halogenated alkanes) is 14. The molecule has 320 valence electrons. The van der Waals surface area contributed by atoms with E-state index in [0.29, 0.717) is 58.5 Å². The molecule has 0 saturated carbocycles. The molecule has 0 fully saturated rings. The number of aliphatic hydroxyl groups excluding tert-OH is 2. The summed E-state index contributed by atoms with van der Waals surface area (Å²) in [6.07, 6.45) is 16.2. The number of carbonyl (C=O) groups excluding carboxylic acids is 4. The van der Waals surface area contributed by atoms with Crippen molar-refractivity contribution < 1.29 is 52.8 Å². The van der Waals surface area contributed by atoms with Crippen molar-refractivity contribution in [2.45, 2.75) is 148 Å². The lowest BCUT2D eigenvalue weighted by Gasteiger charge is -2.36. The van der Waals surface area contributed by atoms with Crippen LogP contribution in [0.25, 0.3) is 0 Å². The zero-order chi connectivity index (χ0) is 41.2. The molecule has 2 rings (SSSR count). The second-order valence-corrected chi connectivity index (χ2v) is 15.4. The maximum atomic E-state index is 12.8. The number of carbonyl (C=O) groups is 4. The minimum Gasteiger partial charge on any atom is -0.461 e. The zero-order valence-corrected chi connectivity index (χ0v) is 34.8. The van der Waals surface area contributed by atoms with Gasteiger partial charge in [-0.1, -0.05) is 138 Å². The van der Waals surface area contributed by atoms with Crippen LogP contribution >= 0.6 is 0 Å². The first-order valence-corrected chi connectivity index (χ1v) is 21.5. The molecule has 0 aliphatic rings. The van der Waals surface area contributed by atoms with Crippen LogP contribution in [0.15, 0.2) is 60.7 Å². The lowest BCUT2D eigenvalue weighted by molar-refractivity contribution is -0.912. The van der Waals surface area contributed by atoms with Crippen LogP contribution in [0, 0.1) is 0 Å². The van der Waals surface area contributed by atoms with E-state index < -0.39 is 6.10 Å². The van der Waals surface area contributed by atoms with Gasteiger partial charge in [0, 0.05) is 25.7 Å². The number of aliphatic hydroxyl groups is 2. The molecule has 1 atom stereocenters. The molecular weight excluding hydrogens is 727 g/mol. The number of rotatable bonds is 35. The number of esters is 4. The van der Waals surface area contributed by atoms with Crippen molar-refractivity contribution in [3.63, 3.8) is 0 Å². The maximum Gasteiger partial charge on any atom is 0.306 e. The van der Waals surface area contributed by atoms with Crippen molar-refractivity contribution in [3.05, 3.63) is 71.8 Å². The van der Waals surface area contributed by atoms with E-state index in [2.05, 4.69) is 0 Å². The number of nitrogens with zero attached hydrogens (tertiary/aromatic N) is 1. The Labute approximate surface area is 342 Å². The van der Waals surface area contributed by atoms with Crippen LogP contribution in [0.2, 0.25) is 0 Å². The molecule has 0 radical (unpaired) electrons. The predicted molar refractivity (Wildman–Crippen MR) is 221 cm³/mol. The monoisotopic (exact) mass is 799 g/mol. The summed E-state index contributed by atoms with van der Waals surface area (Å²) >= 11 is 0. The Balaban J connectivity index is 1.54. The quantitative estimate of drug-likeness (QED) is 0.0303. The highest BCUT2D eigenvalue weighted by Crippen LogP contribution is 2.15. The molecule has 11 nitrogen and oxygen atoms in total. The first kappa shape index (κ1) is 49.3. The standard InChI is InChI=1S/C46H72NO10/c1-47(32-34-48,33-35-49)36-42(57-46(53)31-23-13-9-5-4-7-11-21-29-44(51)55-38-41-26-18-15-19-27-41)39-56-45(52)30-22-12-8-3-2-6-10-20-28-43(50)54-37-40-24-16-14-17-25-40/h14-19,24-27,42,48-49H,2-13,20-23,28-39H2,1H3/q+1. The second-order valence-electron chi connectivity index (χ2n) is 15.4. The summed E-state index contributed by atoms with van der Waals surface area (Å²) in [5, 5.41) is 19.2. The third-order valence-electron chi connectivity index (χ3n) is 10.2. The number of hydrogen-bond donors (Lipinski definition) is 2. The lowest BCUT2D eigenvalue weighted by atomic mass is 10.1. The van der Waals surface area contributed by atoms with Crippen LogP contribution in [0.1, 0.15) is 140 Å². The van der Waals surface area contributed by atoms with Gasteiger partial charge in [0.2, 0.25) is 0 Å². The van der Waals surface area contributed by atoms with E-state index in [1.165, 1.54) is 0 Å². The van der Waals surface area contributed by atoms with Gasteiger partial charge in [-0.3, -0.25) is 19.2 Å². The molecule has 2 aromatic carbocycles. The fourth-order valence-electron chi connectivity index (χ4n) is 6.71. The van der Waals surface area contributed by atoms with Gasteiger partial charge in [0.15, 0.2) is 6.10 Å².